The van der Waals surface area contributed by atoms with Gasteiger partial charge in [0, 0.05) is 12.1 Å². The summed E-state index contributed by atoms with van der Waals surface area (Å²) >= 11 is 0. The number of carbonyl (C=O) groups is 2. The van der Waals surface area contributed by atoms with Gasteiger partial charge in [-0.25, -0.2) is 0 Å². The molecule has 0 fully saturated rings. The molecule has 158 valence electrons. The maximum atomic E-state index is 12.4. The van der Waals surface area contributed by atoms with Crippen molar-refractivity contribution in [3.8, 4) is 11.8 Å². The van der Waals surface area contributed by atoms with Crippen molar-refractivity contribution in [2.75, 3.05) is 12.4 Å². The Bertz CT molecular complexity index is 1070. The molecule has 1 unspecified atom stereocenters. The smallest absolute Gasteiger partial charge is 0.306 e. The number of aromatic nitrogens is 1. The highest BCUT2D eigenvalue weighted by atomic mass is 16.5. The first kappa shape index (κ1) is 22.7. The Morgan fingerprint density at radius 1 is 1.27 bits per heavy atom. The molecule has 0 aliphatic heterocycles. The molecule has 1 amide bonds. The summed E-state index contributed by atoms with van der Waals surface area (Å²) in [5, 5.41) is 11.8. The van der Waals surface area contributed by atoms with Gasteiger partial charge in [0.2, 0.25) is 0 Å². The minimum absolute atomic E-state index is 0.00395. The van der Waals surface area contributed by atoms with E-state index in [0.717, 1.165) is 5.56 Å². The van der Waals surface area contributed by atoms with Crippen molar-refractivity contribution >= 4 is 17.6 Å². The van der Waals surface area contributed by atoms with E-state index in [0.29, 0.717) is 28.3 Å². The predicted octanol–water partition coefficient (Wildman–Crippen LogP) is 2.68. The zero-order valence-electron chi connectivity index (χ0n) is 17.7. The van der Waals surface area contributed by atoms with Crippen LogP contribution in [-0.4, -0.2) is 30.1 Å². The summed E-state index contributed by atoms with van der Waals surface area (Å²) in [5.41, 5.74) is 2.88. The lowest BCUT2D eigenvalue weighted by molar-refractivity contribution is -0.153. The molecular weight excluding hydrogens is 386 g/mol. The standard InChI is InChI=1S/C22H25N3O5/c1-12-6-8-19(29-5)18(10-12)25-21(27)15(4)30-20(26)9-7-16-13(2)17(11-23)22(28)24-14(16)3/h6,8,10,15H,7,9H2,1-5H3,(H,24,28)(H,25,27). The maximum Gasteiger partial charge on any atom is 0.306 e. The molecule has 0 saturated carbocycles. The number of amides is 1. The number of benzene rings is 1. The minimum Gasteiger partial charge on any atom is -0.495 e. The SMILES string of the molecule is COc1ccc(C)cc1NC(=O)C(C)OC(=O)CCc1c(C)[nH]c(=O)c(C#N)c1C. The molecular formula is C22H25N3O5. The Morgan fingerprint density at radius 3 is 2.60 bits per heavy atom. The van der Waals surface area contributed by atoms with Gasteiger partial charge in [-0.1, -0.05) is 6.07 Å². The van der Waals surface area contributed by atoms with E-state index in [2.05, 4.69) is 10.3 Å². The Hall–Kier alpha value is -3.60. The molecule has 0 radical (unpaired) electrons. The van der Waals surface area contributed by atoms with Gasteiger partial charge >= 0.3 is 5.97 Å². The number of hydrogen-bond donors (Lipinski definition) is 2. The average molecular weight is 411 g/mol. The van der Waals surface area contributed by atoms with Crippen molar-refractivity contribution in [3.63, 3.8) is 0 Å². The van der Waals surface area contributed by atoms with E-state index in [-0.39, 0.29) is 18.4 Å². The topological polar surface area (TPSA) is 121 Å². The number of nitrogens with one attached hydrogen (secondary N) is 2. The van der Waals surface area contributed by atoms with Gasteiger partial charge in [0.25, 0.3) is 11.5 Å². The molecule has 0 spiro atoms. The maximum absolute atomic E-state index is 12.4. The van der Waals surface area contributed by atoms with Crippen LogP contribution in [0.15, 0.2) is 23.0 Å². The molecule has 2 N–H and O–H groups in total. The van der Waals surface area contributed by atoms with Crippen LogP contribution in [0.5, 0.6) is 5.75 Å². The van der Waals surface area contributed by atoms with E-state index in [4.69, 9.17) is 14.7 Å². The number of methoxy groups -OCH3 is 1. The van der Waals surface area contributed by atoms with Crippen LogP contribution in [0, 0.1) is 32.1 Å². The first-order chi connectivity index (χ1) is 14.2. The molecule has 0 aliphatic carbocycles. The third kappa shape index (κ3) is 5.26. The normalized spacial score (nSPS) is 11.3. The fourth-order valence-electron chi connectivity index (χ4n) is 3.11. The third-order valence-corrected chi connectivity index (χ3v) is 4.79. The van der Waals surface area contributed by atoms with Gasteiger partial charge in [0.1, 0.15) is 17.4 Å². The third-order valence-electron chi connectivity index (χ3n) is 4.79. The zero-order chi connectivity index (χ0) is 22.4. The lowest BCUT2D eigenvalue weighted by Gasteiger charge is -2.16. The molecule has 1 aromatic carbocycles. The van der Waals surface area contributed by atoms with Crippen molar-refractivity contribution < 1.29 is 19.1 Å². The molecule has 1 aromatic heterocycles. The van der Waals surface area contributed by atoms with E-state index < -0.39 is 23.5 Å². The van der Waals surface area contributed by atoms with Gasteiger partial charge in [-0.3, -0.25) is 14.4 Å². The van der Waals surface area contributed by atoms with Crippen LogP contribution < -0.4 is 15.6 Å². The molecule has 2 aromatic rings. The number of ether oxygens (including phenoxy) is 2. The largest absolute Gasteiger partial charge is 0.495 e. The summed E-state index contributed by atoms with van der Waals surface area (Å²) in [6.07, 6.45) is -0.721. The molecule has 8 nitrogen and oxygen atoms in total. The van der Waals surface area contributed by atoms with Crippen molar-refractivity contribution in [1.82, 2.24) is 4.98 Å². The Morgan fingerprint density at radius 2 is 1.97 bits per heavy atom. The van der Waals surface area contributed by atoms with E-state index in [1.54, 1.807) is 26.0 Å². The number of nitrogens with zero attached hydrogens (tertiary/aromatic N) is 1. The van der Waals surface area contributed by atoms with Crippen LogP contribution in [0.4, 0.5) is 5.69 Å². The molecule has 0 saturated heterocycles. The predicted molar refractivity (Wildman–Crippen MR) is 111 cm³/mol. The summed E-state index contributed by atoms with van der Waals surface area (Å²) in [4.78, 5) is 39.1. The fourth-order valence-corrected chi connectivity index (χ4v) is 3.11. The lowest BCUT2D eigenvalue weighted by atomic mass is 9.99. The Balaban J connectivity index is 2.00. The van der Waals surface area contributed by atoms with Crippen molar-refractivity contribution in [2.45, 2.75) is 46.6 Å². The van der Waals surface area contributed by atoms with Gasteiger partial charge < -0.3 is 19.8 Å². The number of anilines is 1. The lowest BCUT2D eigenvalue weighted by Crippen LogP contribution is -2.30. The molecule has 1 atom stereocenters. The summed E-state index contributed by atoms with van der Waals surface area (Å²) in [5.74, 6) is -0.530. The quantitative estimate of drug-likeness (QED) is 0.676. The van der Waals surface area contributed by atoms with Crippen molar-refractivity contribution in [3.05, 3.63) is 56.5 Å². The Kier molecular flexibility index (Phi) is 7.37. The van der Waals surface area contributed by atoms with Crippen LogP contribution >= 0.6 is 0 Å². The van der Waals surface area contributed by atoms with Gasteiger partial charge in [0.05, 0.1) is 12.8 Å². The molecule has 0 bridgehead atoms. The highest BCUT2D eigenvalue weighted by Crippen LogP contribution is 2.25. The number of nitriles is 1. The number of hydrogen-bond acceptors (Lipinski definition) is 6. The van der Waals surface area contributed by atoms with Gasteiger partial charge in [-0.15, -0.1) is 0 Å². The van der Waals surface area contributed by atoms with Crippen molar-refractivity contribution in [2.24, 2.45) is 0 Å². The average Bonchev–Trinajstić information content (AvgIpc) is 2.68. The first-order valence-corrected chi connectivity index (χ1v) is 9.45. The van der Waals surface area contributed by atoms with Gasteiger partial charge in [-0.05, 0) is 62.9 Å². The summed E-state index contributed by atoms with van der Waals surface area (Å²) in [6.45, 7) is 6.76. The second kappa shape index (κ2) is 9.74. The number of rotatable bonds is 7. The molecule has 1 heterocycles. The minimum atomic E-state index is -1.00. The monoisotopic (exact) mass is 411 g/mol. The van der Waals surface area contributed by atoms with Crippen LogP contribution in [0.2, 0.25) is 0 Å². The van der Waals surface area contributed by atoms with Crippen LogP contribution in [0.25, 0.3) is 0 Å². The highest BCUT2D eigenvalue weighted by molar-refractivity contribution is 5.96. The number of aryl methyl sites for hydroxylation is 2. The second-order valence-electron chi connectivity index (χ2n) is 6.99. The molecule has 8 heteroatoms. The second-order valence-corrected chi connectivity index (χ2v) is 6.99. The van der Waals surface area contributed by atoms with Crippen LogP contribution in [-0.2, 0) is 20.7 Å². The van der Waals surface area contributed by atoms with Gasteiger partial charge in [-0.2, -0.15) is 5.26 Å². The molecule has 30 heavy (non-hydrogen) atoms. The van der Waals surface area contributed by atoms with E-state index in [1.165, 1.54) is 14.0 Å². The molecule has 0 aliphatic rings. The number of aromatic amines is 1. The highest BCUT2D eigenvalue weighted by Gasteiger charge is 2.20. The van der Waals surface area contributed by atoms with Gasteiger partial charge in [0.15, 0.2) is 6.10 Å². The zero-order valence-corrected chi connectivity index (χ0v) is 17.7. The van der Waals surface area contributed by atoms with E-state index in [9.17, 15) is 14.4 Å². The van der Waals surface area contributed by atoms with Crippen LogP contribution in [0.3, 0.4) is 0 Å². The number of pyridine rings is 1. The number of H-pyrrole nitrogens is 1. The fraction of sp³-hybridized carbons (Fsp3) is 0.364. The van der Waals surface area contributed by atoms with Crippen molar-refractivity contribution in [1.29, 1.82) is 5.26 Å². The summed E-state index contributed by atoms with van der Waals surface area (Å²) in [7, 11) is 1.50. The van der Waals surface area contributed by atoms with E-state index >= 15 is 0 Å². The van der Waals surface area contributed by atoms with Crippen LogP contribution in [0.1, 0.15) is 41.3 Å². The summed E-state index contributed by atoms with van der Waals surface area (Å²) < 4.78 is 10.5. The van der Waals surface area contributed by atoms with E-state index in [1.807, 2.05) is 19.1 Å². The summed E-state index contributed by atoms with van der Waals surface area (Å²) in [6, 6.07) is 7.24. The Labute approximate surface area is 174 Å². The number of esters is 1. The molecule has 2 rings (SSSR count). The number of carbonyl (C=O) groups excluding carboxylic acids is 2. The first-order valence-electron chi connectivity index (χ1n) is 9.45.